The van der Waals surface area contributed by atoms with Gasteiger partial charge in [0.2, 0.25) is 0 Å². The molecule has 2 aromatic carbocycles. The quantitative estimate of drug-likeness (QED) is 0.548. The third-order valence-corrected chi connectivity index (χ3v) is 5.48. The molecule has 29 heavy (non-hydrogen) atoms. The molecule has 3 rings (SSSR count). The van der Waals surface area contributed by atoms with Gasteiger partial charge in [-0.05, 0) is 49.8 Å². The summed E-state index contributed by atoms with van der Waals surface area (Å²) in [5.41, 5.74) is 1.22. The Morgan fingerprint density at radius 2 is 1.66 bits per heavy atom. The first-order valence-corrected chi connectivity index (χ1v) is 10.2. The Labute approximate surface area is 174 Å². The molecule has 1 aromatic heterocycles. The largest absolute Gasteiger partial charge is 0.484 e. The van der Waals surface area contributed by atoms with Gasteiger partial charge in [0.05, 0.1) is 6.04 Å². The highest BCUT2D eigenvalue weighted by Crippen LogP contribution is 2.22. The van der Waals surface area contributed by atoms with Crippen LogP contribution in [0.15, 0.2) is 72.1 Å². The van der Waals surface area contributed by atoms with Gasteiger partial charge in [-0.2, -0.15) is 0 Å². The molecule has 0 aliphatic rings. The smallest absolute Gasteiger partial charge is 0.258 e. The van der Waals surface area contributed by atoms with E-state index >= 15 is 0 Å². The first-order valence-electron chi connectivity index (χ1n) is 9.33. The predicted molar refractivity (Wildman–Crippen MR) is 116 cm³/mol. The van der Waals surface area contributed by atoms with Crippen LogP contribution in [0.4, 0.5) is 0 Å². The Morgan fingerprint density at radius 3 is 2.28 bits per heavy atom. The van der Waals surface area contributed by atoms with E-state index in [0.29, 0.717) is 23.4 Å². The molecule has 1 heterocycles. The van der Waals surface area contributed by atoms with Crippen LogP contribution in [0.5, 0.6) is 5.75 Å². The Balaban J connectivity index is 1.49. The van der Waals surface area contributed by atoms with Gasteiger partial charge in [0, 0.05) is 22.5 Å². The summed E-state index contributed by atoms with van der Waals surface area (Å²) < 4.78 is 5.56. The zero-order chi connectivity index (χ0) is 20.6. The molecule has 0 bridgehead atoms. The average Bonchev–Trinajstić information content (AvgIpc) is 3.27. The van der Waals surface area contributed by atoms with Gasteiger partial charge in [0.15, 0.2) is 12.4 Å². The highest BCUT2D eigenvalue weighted by atomic mass is 32.1. The van der Waals surface area contributed by atoms with Crippen LogP contribution >= 0.6 is 11.3 Å². The van der Waals surface area contributed by atoms with Gasteiger partial charge >= 0.3 is 0 Å². The highest BCUT2D eigenvalue weighted by molar-refractivity contribution is 7.10. The monoisotopic (exact) mass is 408 g/mol. The number of nitrogens with one attached hydrogen (secondary N) is 1. The maximum Gasteiger partial charge on any atom is 0.258 e. The number of ether oxygens (including phenoxy) is 1. The van der Waals surface area contributed by atoms with Crippen molar-refractivity contribution in [1.82, 2.24) is 10.2 Å². The van der Waals surface area contributed by atoms with Crippen molar-refractivity contribution < 1.29 is 14.3 Å². The number of nitrogens with zero attached hydrogens (tertiary/aromatic N) is 1. The minimum Gasteiger partial charge on any atom is -0.484 e. The number of ketones is 1. The lowest BCUT2D eigenvalue weighted by atomic mass is 10.0. The zero-order valence-electron chi connectivity index (χ0n) is 16.5. The molecular formula is C23H24N2O3S. The summed E-state index contributed by atoms with van der Waals surface area (Å²) in [7, 11) is 3.98. The molecule has 0 saturated heterocycles. The number of hydrogen-bond donors (Lipinski definition) is 1. The van der Waals surface area contributed by atoms with Crippen LogP contribution in [0, 0.1) is 0 Å². The van der Waals surface area contributed by atoms with Crippen LogP contribution in [-0.4, -0.2) is 43.8 Å². The first kappa shape index (κ1) is 20.8. The number of thiophene rings is 1. The molecule has 0 spiro atoms. The normalized spacial score (nSPS) is 11.8. The van der Waals surface area contributed by atoms with E-state index in [4.69, 9.17) is 4.74 Å². The summed E-state index contributed by atoms with van der Waals surface area (Å²) in [6.45, 7) is 0.441. The van der Waals surface area contributed by atoms with Crippen LogP contribution in [0.2, 0.25) is 0 Å². The topological polar surface area (TPSA) is 58.6 Å². The maximum atomic E-state index is 12.4. The number of rotatable bonds is 9. The van der Waals surface area contributed by atoms with Crippen molar-refractivity contribution in [2.45, 2.75) is 6.04 Å². The SMILES string of the molecule is CN(C)[C@H](CNC(=O)COc1ccc(C(=O)c2ccccc2)cc1)c1cccs1. The molecule has 0 saturated carbocycles. The van der Waals surface area contributed by atoms with E-state index < -0.39 is 0 Å². The van der Waals surface area contributed by atoms with E-state index in [-0.39, 0.29) is 24.3 Å². The molecule has 6 heteroatoms. The molecule has 0 fully saturated rings. The summed E-state index contributed by atoms with van der Waals surface area (Å²) in [6, 6.07) is 20.2. The third-order valence-electron chi connectivity index (χ3n) is 4.51. The molecule has 1 N–H and O–H groups in total. The van der Waals surface area contributed by atoms with Crippen molar-refractivity contribution >= 4 is 23.0 Å². The number of carbonyl (C=O) groups excluding carboxylic acids is 2. The van der Waals surface area contributed by atoms with Gasteiger partial charge in [0.25, 0.3) is 5.91 Å². The van der Waals surface area contributed by atoms with Gasteiger partial charge in [-0.3, -0.25) is 9.59 Å². The lowest BCUT2D eigenvalue weighted by Gasteiger charge is -2.23. The minimum absolute atomic E-state index is 0.0433. The van der Waals surface area contributed by atoms with Crippen LogP contribution in [0.3, 0.4) is 0 Å². The van der Waals surface area contributed by atoms with Crippen molar-refractivity contribution in [2.75, 3.05) is 27.2 Å². The number of benzene rings is 2. The maximum absolute atomic E-state index is 12.4. The van der Waals surface area contributed by atoms with Gasteiger partial charge in [0.1, 0.15) is 5.75 Å². The van der Waals surface area contributed by atoms with Crippen molar-refractivity contribution in [3.8, 4) is 5.75 Å². The van der Waals surface area contributed by atoms with Gasteiger partial charge in [-0.25, -0.2) is 0 Å². The Kier molecular flexibility index (Phi) is 7.16. The number of hydrogen-bond acceptors (Lipinski definition) is 5. The second-order valence-electron chi connectivity index (χ2n) is 6.81. The standard InChI is InChI=1S/C23H24N2O3S/c1-25(2)20(21-9-6-14-29-21)15-24-22(26)16-28-19-12-10-18(11-13-19)23(27)17-7-4-3-5-8-17/h3-14,20H,15-16H2,1-2H3,(H,24,26)/t20-/m1/s1. The summed E-state index contributed by atoms with van der Waals surface area (Å²) in [5.74, 6) is 0.322. The molecule has 0 aliphatic carbocycles. The van der Waals surface area contributed by atoms with Crippen LogP contribution in [0.25, 0.3) is 0 Å². The fraction of sp³-hybridized carbons (Fsp3) is 0.217. The van der Waals surface area contributed by atoms with E-state index in [1.54, 1.807) is 47.7 Å². The van der Waals surface area contributed by atoms with Crippen LogP contribution < -0.4 is 10.1 Å². The average molecular weight is 409 g/mol. The predicted octanol–water partition coefficient (Wildman–Crippen LogP) is 3.78. The Morgan fingerprint density at radius 1 is 0.966 bits per heavy atom. The molecule has 1 atom stereocenters. The number of carbonyl (C=O) groups is 2. The van der Waals surface area contributed by atoms with Crippen LogP contribution in [0.1, 0.15) is 26.8 Å². The third kappa shape index (κ3) is 5.76. The second kappa shape index (κ2) is 10.0. The number of likely N-dealkylation sites (N-methyl/N-ethyl adjacent to an activating group) is 1. The van der Waals surface area contributed by atoms with Crippen molar-refractivity contribution in [1.29, 1.82) is 0 Å². The Hall–Kier alpha value is -2.96. The van der Waals surface area contributed by atoms with E-state index in [0.717, 1.165) is 0 Å². The summed E-state index contributed by atoms with van der Waals surface area (Å²) >= 11 is 1.67. The van der Waals surface area contributed by atoms with E-state index in [1.165, 1.54) is 4.88 Å². The molecule has 0 unspecified atom stereocenters. The molecule has 0 aliphatic heterocycles. The Bertz CT molecular complexity index is 923. The lowest BCUT2D eigenvalue weighted by Crippen LogP contribution is -2.36. The zero-order valence-corrected chi connectivity index (χ0v) is 17.3. The van der Waals surface area contributed by atoms with Crippen LogP contribution in [-0.2, 0) is 4.79 Å². The van der Waals surface area contributed by atoms with Gasteiger partial charge < -0.3 is 15.0 Å². The van der Waals surface area contributed by atoms with Crippen molar-refractivity contribution in [3.63, 3.8) is 0 Å². The summed E-state index contributed by atoms with van der Waals surface area (Å²) in [4.78, 5) is 27.9. The van der Waals surface area contributed by atoms with Gasteiger partial charge in [-0.1, -0.05) is 36.4 Å². The molecule has 5 nitrogen and oxygen atoms in total. The molecule has 0 radical (unpaired) electrons. The van der Waals surface area contributed by atoms with E-state index in [9.17, 15) is 9.59 Å². The second-order valence-corrected chi connectivity index (χ2v) is 7.79. The van der Waals surface area contributed by atoms with Crippen molar-refractivity contribution in [2.24, 2.45) is 0 Å². The van der Waals surface area contributed by atoms with Crippen molar-refractivity contribution in [3.05, 3.63) is 88.1 Å². The lowest BCUT2D eigenvalue weighted by molar-refractivity contribution is -0.123. The number of amides is 1. The molecule has 1 amide bonds. The molecule has 150 valence electrons. The van der Waals surface area contributed by atoms with E-state index in [1.807, 2.05) is 43.7 Å². The van der Waals surface area contributed by atoms with Gasteiger partial charge in [-0.15, -0.1) is 11.3 Å². The summed E-state index contributed by atoms with van der Waals surface area (Å²) in [5, 5.41) is 4.95. The van der Waals surface area contributed by atoms with E-state index in [2.05, 4.69) is 16.3 Å². The molecule has 3 aromatic rings. The molecular weight excluding hydrogens is 384 g/mol. The highest BCUT2D eigenvalue weighted by Gasteiger charge is 2.16. The first-order chi connectivity index (χ1) is 14.0. The minimum atomic E-state index is -0.183. The fourth-order valence-electron chi connectivity index (χ4n) is 2.89. The summed E-state index contributed by atoms with van der Waals surface area (Å²) in [6.07, 6.45) is 0. The fourth-order valence-corrected chi connectivity index (χ4v) is 3.81.